The number of carbonyl (C=O) groups is 1. The first-order valence-electron chi connectivity index (χ1n) is 5.37. The van der Waals surface area contributed by atoms with E-state index >= 15 is 0 Å². The average molecular weight is 263 g/mol. The van der Waals surface area contributed by atoms with E-state index in [0.29, 0.717) is 17.9 Å². The zero-order valence-corrected chi connectivity index (χ0v) is 10.4. The van der Waals surface area contributed by atoms with Crippen LogP contribution in [0, 0.1) is 0 Å². The van der Waals surface area contributed by atoms with Gasteiger partial charge in [0, 0.05) is 24.5 Å². The fourth-order valence-electron chi connectivity index (χ4n) is 1.38. The maximum atomic E-state index is 11.8. The molecule has 0 aliphatic heterocycles. The van der Waals surface area contributed by atoms with Crippen molar-refractivity contribution in [1.29, 1.82) is 0 Å². The van der Waals surface area contributed by atoms with Crippen LogP contribution in [0.25, 0.3) is 0 Å². The topological polar surface area (TPSA) is 92.9 Å². The third kappa shape index (κ3) is 3.25. The standard InChI is InChI=1S/C11H13N5OS/c12-16-10-2-1-8(5-14-10)11(17)13-4-3-9-6-18-7-15-9/h1-2,5-7H,3-4,12H2,(H,13,17)(H,14,16). The Kier molecular flexibility index (Phi) is 4.21. The molecule has 0 atom stereocenters. The van der Waals surface area contributed by atoms with E-state index in [-0.39, 0.29) is 5.91 Å². The Morgan fingerprint density at radius 2 is 2.28 bits per heavy atom. The highest BCUT2D eigenvalue weighted by Crippen LogP contribution is 2.04. The molecule has 2 heterocycles. The molecule has 1 amide bonds. The number of nitrogens with one attached hydrogen (secondary N) is 2. The predicted octanol–water partition coefficient (Wildman–Crippen LogP) is 0.796. The first-order chi connectivity index (χ1) is 8.79. The molecule has 2 aromatic heterocycles. The van der Waals surface area contributed by atoms with Crippen LogP contribution in [0.4, 0.5) is 5.82 Å². The lowest BCUT2D eigenvalue weighted by molar-refractivity contribution is 0.0954. The zero-order chi connectivity index (χ0) is 12.8. The van der Waals surface area contributed by atoms with Crippen molar-refractivity contribution in [3.8, 4) is 0 Å². The number of pyridine rings is 1. The summed E-state index contributed by atoms with van der Waals surface area (Å²) in [6.45, 7) is 0.555. The van der Waals surface area contributed by atoms with Gasteiger partial charge in [-0.1, -0.05) is 0 Å². The van der Waals surface area contributed by atoms with Gasteiger partial charge in [0.05, 0.1) is 16.8 Å². The Labute approximate surface area is 108 Å². The van der Waals surface area contributed by atoms with Crippen LogP contribution in [-0.2, 0) is 6.42 Å². The van der Waals surface area contributed by atoms with E-state index in [1.165, 1.54) is 6.20 Å². The highest BCUT2D eigenvalue weighted by atomic mass is 32.1. The molecule has 4 N–H and O–H groups in total. The number of hydrogen-bond donors (Lipinski definition) is 3. The number of nitrogens with zero attached hydrogens (tertiary/aromatic N) is 2. The van der Waals surface area contributed by atoms with E-state index < -0.39 is 0 Å². The van der Waals surface area contributed by atoms with Gasteiger partial charge in [-0.15, -0.1) is 11.3 Å². The summed E-state index contributed by atoms with van der Waals surface area (Å²) >= 11 is 1.55. The second-order valence-corrected chi connectivity index (χ2v) is 4.28. The highest BCUT2D eigenvalue weighted by molar-refractivity contribution is 7.07. The molecular formula is C11H13N5OS. The molecule has 0 saturated carbocycles. The lowest BCUT2D eigenvalue weighted by Gasteiger charge is -2.04. The SMILES string of the molecule is NNc1ccc(C(=O)NCCc2cscn2)cn1. The fourth-order valence-corrected chi connectivity index (χ4v) is 1.97. The summed E-state index contributed by atoms with van der Waals surface area (Å²) < 4.78 is 0. The van der Waals surface area contributed by atoms with Gasteiger partial charge in [0.25, 0.3) is 5.91 Å². The van der Waals surface area contributed by atoms with Crippen LogP contribution in [0.15, 0.2) is 29.2 Å². The summed E-state index contributed by atoms with van der Waals surface area (Å²) in [4.78, 5) is 19.9. The minimum Gasteiger partial charge on any atom is -0.352 e. The normalized spacial score (nSPS) is 10.1. The van der Waals surface area contributed by atoms with E-state index in [2.05, 4.69) is 20.7 Å². The molecule has 7 heteroatoms. The number of carbonyl (C=O) groups excluding carboxylic acids is 1. The van der Waals surface area contributed by atoms with Gasteiger partial charge in [-0.2, -0.15) is 0 Å². The molecule has 0 aliphatic carbocycles. The van der Waals surface area contributed by atoms with Crippen LogP contribution >= 0.6 is 11.3 Å². The van der Waals surface area contributed by atoms with E-state index in [1.807, 2.05) is 5.38 Å². The maximum Gasteiger partial charge on any atom is 0.252 e. The van der Waals surface area contributed by atoms with Crippen molar-refractivity contribution in [2.24, 2.45) is 5.84 Å². The minimum absolute atomic E-state index is 0.152. The predicted molar refractivity (Wildman–Crippen MR) is 70.2 cm³/mol. The first-order valence-corrected chi connectivity index (χ1v) is 6.32. The quantitative estimate of drug-likeness (QED) is 0.548. The molecule has 0 aliphatic rings. The largest absolute Gasteiger partial charge is 0.352 e. The second-order valence-electron chi connectivity index (χ2n) is 3.56. The number of nitrogen functional groups attached to an aromatic ring is 1. The van der Waals surface area contributed by atoms with E-state index in [9.17, 15) is 4.79 Å². The zero-order valence-electron chi connectivity index (χ0n) is 9.59. The summed E-state index contributed by atoms with van der Waals surface area (Å²) in [5, 5.41) is 4.78. The number of hydrazine groups is 1. The average Bonchev–Trinajstić information content (AvgIpc) is 2.92. The van der Waals surface area contributed by atoms with Crippen molar-refractivity contribution < 1.29 is 4.79 Å². The second kappa shape index (κ2) is 6.08. The minimum atomic E-state index is -0.152. The maximum absolute atomic E-state index is 11.8. The van der Waals surface area contributed by atoms with Gasteiger partial charge in [0.1, 0.15) is 5.82 Å². The summed E-state index contributed by atoms with van der Waals surface area (Å²) in [5.41, 5.74) is 5.68. The van der Waals surface area contributed by atoms with Crippen LogP contribution in [0.3, 0.4) is 0 Å². The van der Waals surface area contributed by atoms with Gasteiger partial charge in [-0.25, -0.2) is 15.8 Å². The molecule has 0 radical (unpaired) electrons. The Morgan fingerprint density at radius 1 is 1.39 bits per heavy atom. The third-order valence-corrected chi connectivity index (χ3v) is 2.96. The molecule has 94 valence electrons. The Morgan fingerprint density at radius 3 is 2.89 bits per heavy atom. The van der Waals surface area contributed by atoms with Crippen LogP contribution < -0.4 is 16.6 Å². The molecule has 2 aromatic rings. The van der Waals surface area contributed by atoms with Crippen molar-refractivity contribution >= 4 is 23.1 Å². The molecule has 2 rings (SSSR count). The molecule has 0 unspecified atom stereocenters. The van der Waals surface area contributed by atoms with Crippen LogP contribution in [0.5, 0.6) is 0 Å². The van der Waals surface area contributed by atoms with Gasteiger partial charge in [0.15, 0.2) is 0 Å². The molecule has 6 nitrogen and oxygen atoms in total. The number of amides is 1. The van der Waals surface area contributed by atoms with E-state index in [0.717, 1.165) is 12.1 Å². The molecule has 0 fully saturated rings. The van der Waals surface area contributed by atoms with E-state index in [1.54, 1.807) is 29.0 Å². The van der Waals surface area contributed by atoms with Crippen LogP contribution in [0.2, 0.25) is 0 Å². The molecule has 0 saturated heterocycles. The summed E-state index contributed by atoms with van der Waals surface area (Å²) in [6, 6.07) is 3.32. The van der Waals surface area contributed by atoms with Gasteiger partial charge >= 0.3 is 0 Å². The van der Waals surface area contributed by atoms with Crippen LogP contribution in [0.1, 0.15) is 16.1 Å². The van der Waals surface area contributed by atoms with Crippen molar-refractivity contribution in [2.45, 2.75) is 6.42 Å². The fraction of sp³-hybridized carbons (Fsp3) is 0.182. The van der Waals surface area contributed by atoms with Crippen molar-refractivity contribution in [3.63, 3.8) is 0 Å². The van der Waals surface area contributed by atoms with Crippen LogP contribution in [-0.4, -0.2) is 22.4 Å². The number of rotatable bonds is 5. The van der Waals surface area contributed by atoms with Crippen molar-refractivity contribution in [2.75, 3.05) is 12.0 Å². The lowest BCUT2D eigenvalue weighted by atomic mass is 10.2. The van der Waals surface area contributed by atoms with Crippen molar-refractivity contribution in [1.82, 2.24) is 15.3 Å². The number of thiazole rings is 1. The Balaban J connectivity index is 1.83. The number of anilines is 1. The monoisotopic (exact) mass is 263 g/mol. The molecule has 18 heavy (non-hydrogen) atoms. The number of hydrogen-bond acceptors (Lipinski definition) is 6. The number of aromatic nitrogens is 2. The van der Waals surface area contributed by atoms with Gasteiger partial charge < -0.3 is 10.7 Å². The molecule has 0 aromatic carbocycles. The highest BCUT2D eigenvalue weighted by Gasteiger charge is 2.05. The summed E-state index contributed by atoms with van der Waals surface area (Å²) in [5.74, 6) is 5.56. The third-order valence-electron chi connectivity index (χ3n) is 2.32. The van der Waals surface area contributed by atoms with E-state index in [4.69, 9.17) is 5.84 Å². The Hall–Kier alpha value is -1.99. The van der Waals surface area contributed by atoms with Gasteiger partial charge in [-0.05, 0) is 12.1 Å². The molecule has 0 bridgehead atoms. The Bertz CT molecular complexity index is 497. The number of nitrogens with two attached hydrogens (primary N) is 1. The summed E-state index contributed by atoms with van der Waals surface area (Å²) in [6.07, 6.45) is 2.21. The molecular weight excluding hydrogens is 250 g/mol. The van der Waals surface area contributed by atoms with Gasteiger partial charge in [0.2, 0.25) is 0 Å². The molecule has 0 spiro atoms. The van der Waals surface area contributed by atoms with Crippen molar-refractivity contribution in [3.05, 3.63) is 40.5 Å². The first kappa shape index (κ1) is 12.5. The lowest BCUT2D eigenvalue weighted by Crippen LogP contribution is -2.26. The summed E-state index contributed by atoms with van der Waals surface area (Å²) in [7, 11) is 0. The smallest absolute Gasteiger partial charge is 0.252 e. The van der Waals surface area contributed by atoms with Gasteiger partial charge in [-0.3, -0.25) is 4.79 Å².